The fourth-order valence-electron chi connectivity index (χ4n) is 1.70. The Morgan fingerprint density at radius 1 is 1.41 bits per heavy atom. The SMILES string of the molecule is CCOC(=O)c1c(CC)cc(C#N)cc1CO. The van der Waals surface area contributed by atoms with Gasteiger partial charge >= 0.3 is 5.97 Å². The molecular weight excluding hydrogens is 218 g/mol. The highest BCUT2D eigenvalue weighted by Gasteiger charge is 2.17. The van der Waals surface area contributed by atoms with E-state index in [4.69, 9.17) is 10.00 Å². The molecular formula is C13H15NO3. The standard InChI is InChI=1S/C13H15NO3/c1-3-10-5-9(7-14)6-11(8-15)12(10)13(16)17-4-2/h5-6,15H,3-4,8H2,1-2H3. The van der Waals surface area contributed by atoms with E-state index in [0.717, 1.165) is 5.56 Å². The van der Waals surface area contributed by atoms with Crippen molar-refractivity contribution in [2.45, 2.75) is 26.9 Å². The molecule has 90 valence electrons. The lowest BCUT2D eigenvalue weighted by Gasteiger charge is -2.12. The number of aliphatic hydroxyl groups excluding tert-OH is 1. The summed E-state index contributed by atoms with van der Waals surface area (Å²) in [6.07, 6.45) is 0.608. The van der Waals surface area contributed by atoms with E-state index >= 15 is 0 Å². The maximum atomic E-state index is 11.8. The summed E-state index contributed by atoms with van der Waals surface area (Å²) in [7, 11) is 0. The number of aryl methyl sites for hydroxylation is 1. The average molecular weight is 233 g/mol. The highest BCUT2D eigenvalue weighted by Crippen LogP contribution is 2.20. The van der Waals surface area contributed by atoms with Crippen molar-refractivity contribution in [3.8, 4) is 6.07 Å². The van der Waals surface area contributed by atoms with Gasteiger partial charge in [-0.3, -0.25) is 0 Å². The van der Waals surface area contributed by atoms with Gasteiger partial charge in [0.25, 0.3) is 0 Å². The Morgan fingerprint density at radius 3 is 2.53 bits per heavy atom. The molecule has 0 aliphatic carbocycles. The number of esters is 1. The molecule has 1 aromatic carbocycles. The van der Waals surface area contributed by atoms with Crippen LogP contribution in [0, 0.1) is 11.3 Å². The monoisotopic (exact) mass is 233 g/mol. The quantitative estimate of drug-likeness (QED) is 0.805. The highest BCUT2D eigenvalue weighted by molar-refractivity contribution is 5.93. The zero-order chi connectivity index (χ0) is 12.8. The van der Waals surface area contributed by atoms with E-state index in [1.807, 2.05) is 13.0 Å². The summed E-state index contributed by atoms with van der Waals surface area (Å²) in [5.41, 5.74) is 2.00. The summed E-state index contributed by atoms with van der Waals surface area (Å²) < 4.78 is 4.95. The Balaban J connectivity index is 3.35. The third-order valence-corrected chi connectivity index (χ3v) is 2.46. The molecule has 0 unspecified atom stereocenters. The molecule has 0 radical (unpaired) electrons. The van der Waals surface area contributed by atoms with Crippen LogP contribution in [0.5, 0.6) is 0 Å². The second kappa shape index (κ2) is 6.02. The fourth-order valence-corrected chi connectivity index (χ4v) is 1.70. The van der Waals surface area contributed by atoms with Gasteiger partial charge in [-0.2, -0.15) is 5.26 Å². The van der Waals surface area contributed by atoms with Crippen molar-refractivity contribution in [2.75, 3.05) is 6.61 Å². The normalized spacial score (nSPS) is 9.76. The number of ether oxygens (including phenoxy) is 1. The van der Waals surface area contributed by atoms with Gasteiger partial charge in [0.1, 0.15) is 0 Å². The third kappa shape index (κ3) is 2.83. The van der Waals surface area contributed by atoms with E-state index in [0.29, 0.717) is 23.1 Å². The summed E-state index contributed by atoms with van der Waals surface area (Å²) in [6, 6.07) is 5.19. The van der Waals surface area contributed by atoms with E-state index in [1.165, 1.54) is 6.07 Å². The molecule has 0 fully saturated rings. The maximum Gasteiger partial charge on any atom is 0.338 e. The van der Waals surface area contributed by atoms with Crippen molar-refractivity contribution >= 4 is 5.97 Å². The lowest BCUT2D eigenvalue weighted by atomic mass is 9.96. The number of hydrogen-bond acceptors (Lipinski definition) is 4. The van der Waals surface area contributed by atoms with Crippen LogP contribution in [-0.2, 0) is 17.8 Å². The Bertz CT molecular complexity index is 435. The third-order valence-electron chi connectivity index (χ3n) is 2.46. The fraction of sp³-hybridized carbons (Fsp3) is 0.385. The van der Waals surface area contributed by atoms with Gasteiger partial charge in [-0.15, -0.1) is 0 Å². The molecule has 0 heterocycles. The molecule has 1 N–H and O–H groups in total. The number of rotatable bonds is 4. The van der Waals surface area contributed by atoms with Crippen molar-refractivity contribution in [3.05, 3.63) is 34.4 Å². The first-order chi connectivity index (χ1) is 8.17. The Labute approximate surface area is 100 Å². The minimum Gasteiger partial charge on any atom is -0.462 e. The number of carbonyl (C=O) groups is 1. The topological polar surface area (TPSA) is 70.3 Å². The van der Waals surface area contributed by atoms with Crippen LogP contribution in [0.2, 0.25) is 0 Å². The van der Waals surface area contributed by atoms with Crippen LogP contribution in [0.25, 0.3) is 0 Å². The van der Waals surface area contributed by atoms with Gasteiger partial charge in [0, 0.05) is 0 Å². The molecule has 17 heavy (non-hydrogen) atoms. The minimum atomic E-state index is -0.446. The van der Waals surface area contributed by atoms with Crippen molar-refractivity contribution in [1.82, 2.24) is 0 Å². The van der Waals surface area contributed by atoms with Crippen LogP contribution in [0.1, 0.15) is 40.9 Å². The molecule has 0 saturated heterocycles. The highest BCUT2D eigenvalue weighted by atomic mass is 16.5. The summed E-state index contributed by atoms with van der Waals surface area (Å²) in [6.45, 7) is 3.62. The Hall–Kier alpha value is -1.86. The molecule has 0 aromatic heterocycles. The first kappa shape index (κ1) is 13.2. The number of aliphatic hydroxyl groups is 1. The van der Waals surface area contributed by atoms with Crippen LogP contribution in [0.3, 0.4) is 0 Å². The van der Waals surface area contributed by atoms with Gasteiger partial charge in [0.2, 0.25) is 0 Å². The van der Waals surface area contributed by atoms with Crippen LogP contribution in [0.15, 0.2) is 12.1 Å². The molecule has 0 atom stereocenters. The van der Waals surface area contributed by atoms with Crippen LogP contribution < -0.4 is 0 Å². The first-order valence-electron chi connectivity index (χ1n) is 5.51. The van der Waals surface area contributed by atoms with E-state index in [-0.39, 0.29) is 13.2 Å². The predicted molar refractivity (Wildman–Crippen MR) is 62.4 cm³/mol. The van der Waals surface area contributed by atoms with E-state index in [2.05, 4.69) is 0 Å². The van der Waals surface area contributed by atoms with Gasteiger partial charge in [-0.05, 0) is 36.6 Å². The number of carbonyl (C=O) groups excluding carboxylic acids is 1. The second-order valence-electron chi connectivity index (χ2n) is 3.51. The van der Waals surface area contributed by atoms with Gasteiger partial charge in [0.05, 0.1) is 30.4 Å². The smallest absolute Gasteiger partial charge is 0.338 e. The lowest BCUT2D eigenvalue weighted by molar-refractivity contribution is 0.0521. The molecule has 0 aliphatic rings. The summed E-state index contributed by atoms with van der Waals surface area (Å²) >= 11 is 0. The minimum absolute atomic E-state index is 0.281. The molecule has 4 nitrogen and oxygen atoms in total. The molecule has 0 aliphatic heterocycles. The summed E-state index contributed by atoms with van der Waals surface area (Å²) in [5, 5.41) is 18.1. The van der Waals surface area contributed by atoms with Crippen molar-refractivity contribution in [2.24, 2.45) is 0 Å². The number of nitriles is 1. The summed E-state index contributed by atoms with van der Waals surface area (Å²) in [5.74, 6) is -0.446. The number of hydrogen-bond donors (Lipinski definition) is 1. The Kier molecular flexibility index (Phi) is 4.68. The van der Waals surface area contributed by atoms with E-state index in [9.17, 15) is 9.90 Å². The number of nitrogens with zero attached hydrogens (tertiary/aromatic N) is 1. The molecule has 0 saturated carbocycles. The second-order valence-corrected chi connectivity index (χ2v) is 3.51. The number of benzene rings is 1. The van der Waals surface area contributed by atoms with E-state index < -0.39 is 5.97 Å². The first-order valence-corrected chi connectivity index (χ1v) is 5.51. The maximum absolute atomic E-state index is 11.8. The molecule has 1 aromatic rings. The average Bonchev–Trinajstić information content (AvgIpc) is 2.37. The van der Waals surface area contributed by atoms with E-state index in [1.54, 1.807) is 13.0 Å². The van der Waals surface area contributed by atoms with Gasteiger partial charge in [0.15, 0.2) is 0 Å². The van der Waals surface area contributed by atoms with Crippen LogP contribution >= 0.6 is 0 Å². The largest absolute Gasteiger partial charge is 0.462 e. The van der Waals surface area contributed by atoms with Crippen molar-refractivity contribution in [3.63, 3.8) is 0 Å². The zero-order valence-corrected chi connectivity index (χ0v) is 9.99. The zero-order valence-electron chi connectivity index (χ0n) is 9.99. The van der Waals surface area contributed by atoms with Crippen molar-refractivity contribution in [1.29, 1.82) is 5.26 Å². The molecule has 0 spiro atoms. The molecule has 1 rings (SSSR count). The van der Waals surface area contributed by atoms with Gasteiger partial charge < -0.3 is 9.84 Å². The molecule has 0 bridgehead atoms. The van der Waals surface area contributed by atoms with Crippen molar-refractivity contribution < 1.29 is 14.6 Å². The van der Waals surface area contributed by atoms with Gasteiger partial charge in [-0.1, -0.05) is 6.92 Å². The summed E-state index contributed by atoms with van der Waals surface area (Å²) in [4.78, 5) is 11.8. The Morgan fingerprint density at radius 2 is 2.06 bits per heavy atom. The van der Waals surface area contributed by atoms with Gasteiger partial charge in [-0.25, -0.2) is 4.79 Å². The molecule has 4 heteroatoms. The lowest BCUT2D eigenvalue weighted by Crippen LogP contribution is -2.12. The van der Waals surface area contributed by atoms with Crippen LogP contribution in [0.4, 0.5) is 0 Å². The predicted octanol–water partition coefficient (Wildman–Crippen LogP) is 1.79. The molecule has 0 amide bonds. The van der Waals surface area contributed by atoms with Crippen LogP contribution in [-0.4, -0.2) is 17.7 Å².